The van der Waals surface area contributed by atoms with Crippen molar-refractivity contribution in [2.24, 2.45) is 0 Å². The van der Waals surface area contributed by atoms with E-state index in [0.29, 0.717) is 12.0 Å². The van der Waals surface area contributed by atoms with E-state index in [1.807, 2.05) is 18.2 Å². The van der Waals surface area contributed by atoms with Crippen molar-refractivity contribution in [2.45, 2.75) is 38.1 Å². The number of aromatic nitrogens is 3. The third-order valence-corrected chi connectivity index (χ3v) is 4.10. The number of hydrogen-bond donors (Lipinski definition) is 2. The first-order valence-corrected chi connectivity index (χ1v) is 8.16. The first-order chi connectivity index (χ1) is 11.3. The molecule has 0 amide bonds. The van der Waals surface area contributed by atoms with Crippen molar-refractivity contribution in [3.05, 3.63) is 36.0 Å². The molecule has 23 heavy (non-hydrogen) atoms. The number of methoxy groups -OCH3 is 1. The second-order valence-corrected chi connectivity index (χ2v) is 5.82. The first kappa shape index (κ1) is 15.5. The summed E-state index contributed by atoms with van der Waals surface area (Å²) in [5.41, 5.74) is 1.23. The Bertz CT molecular complexity index is 628. The van der Waals surface area contributed by atoms with Gasteiger partial charge in [-0.2, -0.15) is 10.1 Å². The minimum atomic E-state index is 0.490. The maximum atomic E-state index is 5.24. The molecule has 1 aromatic heterocycles. The van der Waals surface area contributed by atoms with Crippen LogP contribution in [0.5, 0.6) is 5.75 Å². The topological polar surface area (TPSA) is 72.0 Å². The zero-order valence-electron chi connectivity index (χ0n) is 13.5. The number of ether oxygens (including phenoxy) is 1. The predicted octanol–water partition coefficient (Wildman–Crippen LogP) is 2.89. The van der Waals surface area contributed by atoms with Crippen LogP contribution in [0.2, 0.25) is 0 Å². The maximum absolute atomic E-state index is 5.24. The Kier molecular flexibility index (Phi) is 5.24. The highest BCUT2D eigenvalue weighted by molar-refractivity contribution is 5.38. The standard InChI is InChI=1S/C17H23N5O/c1-23-15-8-4-5-13(11-15)9-10-18-16-12-19-22-17(21-16)20-14-6-2-3-7-14/h4-5,8,11-12,14H,2-3,6-7,9-10H2,1H3,(H2,18,20,21,22). The molecule has 1 aromatic carbocycles. The highest BCUT2D eigenvalue weighted by Crippen LogP contribution is 2.20. The van der Waals surface area contributed by atoms with E-state index in [9.17, 15) is 0 Å². The van der Waals surface area contributed by atoms with E-state index in [0.717, 1.165) is 24.5 Å². The molecule has 0 radical (unpaired) electrons. The van der Waals surface area contributed by atoms with Crippen molar-refractivity contribution in [2.75, 3.05) is 24.3 Å². The minimum absolute atomic E-state index is 0.490. The number of rotatable bonds is 7. The van der Waals surface area contributed by atoms with E-state index in [1.54, 1.807) is 13.3 Å². The summed E-state index contributed by atoms with van der Waals surface area (Å²) in [5.74, 6) is 2.25. The normalized spacial score (nSPS) is 14.7. The van der Waals surface area contributed by atoms with E-state index in [1.165, 1.54) is 31.2 Å². The average Bonchev–Trinajstić information content (AvgIpc) is 3.08. The van der Waals surface area contributed by atoms with Gasteiger partial charge in [-0.05, 0) is 37.0 Å². The van der Waals surface area contributed by atoms with Crippen LogP contribution in [0, 0.1) is 0 Å². The molecule has 0 unspecified atom stereocenters. The Labute approximate surface area is 136 Å². The molecule has 1 fully saturated rings. The van der Waals surface area contributed by atoms with Crippen molar-refractivity contribution in [3.8, 4) is 5.75 Å². The monoisotopic (exact) mass is 313 g/mol. The SMILES string of the molecule is COc1cccc(CCNc2cnnc(NC3CCCC3)n2)c1. The molecule has 0 bridgehead atoms. The molecule has 6 heteroatoms. The van der Waals surface area contributed by atoms with Crippen molar-refractivity contribution in [1.29, 1.82) is 0 Å². The van der Waals surface area contributed by atoms with Crippen LogP contribution in [0.4, 0.5) is 11.8 Å². The van der Waals surface area contributed by atoms with E-state index < -0.39 is 0 Å². The van der Waals surface area contributed by atoms with Gasteiger partial charge in [0.05, 0.1) is 13.3 Å². The molecular weight excluding hydrogens is 290 g/mol. The highest BCUT2D eigenvalue weighted by Gasteiger charge is 2.15. The lowest BCUT2D eigenvalue weighted by molar-refractivity contribution is 0.414. The van der Waals surface area contributed by atoms with Gasteiger partial charge in [0, 0.05) is 12.6 Å². The summed E-state index contributed by atoms with van der Waals surface area (Å²) in [6.45, 7) is 0.786. The van der Waals surface area contributed by atoms with Crippen LogP contribution in [-0.4, -0.2) is 34.9 Å². The Morgan fingerprint density at radius 1 is 1.26 bits per heavy atom. The smallest absolute Gasteiger partial charge is 0.244 e. The summed E-state index contributed by atoms with van der Waals surface area (Å²) < 4.78 is 5.24. The third-order valence-electron chi connectivity index (χ3n) is 4.10. The first-order valence-electron chi connectivity index (χ1n) is 8.16. The zero-order chi connectivity index (χ0) is 15.9. The Balaban J connectivity index is 1.51. The Morgan fingerprint density at radius 2 is 2.13 bits per heavy atom. The average molecular weight is 313 g/mol. The zero-order valence-corrected chi connectivity index (χ0v) is 13.5. The van der Waals surface area contributed by atoms with Crippen LogP contribution >= 0.6 is 0 Å². The van der Waals surface area contributed by atoms with E-state index in [-0.39, 0.29) is 0 Å². The molecule has 1 heterocycles. The fourth-order valence-electron chi connectivity index (χ4n) is 2.87. The molecule has 1 aliphatic carbocycles. The molecule has 122 valence electrons. The van der Waals surface area contributed by atoms with E-state index >= 15 is 0 Å². The van der Waals surface area contributed by atoms with Gasteiger partial charge in [-0.1, -0.05) is 25.0 Å². The summed E-state index contributed by atoms with van der Waals surface area (Å²) >= 11 is 0. The number of hydrogen-bond acceptors (Lipinski definition) is 6. The van der Waals surface area contributed by atoms with Gasteiger partial charge in [0.1, 0.15) is 5.75 Å². The van der Waals surface area contributed by atoms with Gasteiger partial charge in [-0.15, -0.1) is 5.10 Å². The molecular formula is C17H23N5O. The van der Waals surface area contributed by atoms with Crippen molar-refractivity contribution in [3.63, 3.8) is 0 Å². The molecule has 0 saturated heterocycles. The lowest BCUT2D eigenvalue weighted by atomic mass is 10.1. The number of nitrogens with zero attached hydrogens (tertiary/aromatic N) is 3. The molecule has 2 aromatic rings. The van der Waals surface area contributed by atoms with Crippen molar-refractivity contribution < 1.29 is 4.74 Å². The largest absolute Gasteiger partial charge is 0.497 e. The van der Waals surface area contributed by atoms with E-state index in [4.69, 9.17) is 4.74 Å². The van der Waals surface area contributed by atoms with Gasteiger partial charge in [-0.25, -0.2) is 0 Å². The summed E-state index contributed by atoms with van der Waals surface area (Å²) in [4.78, 5) is 4.48. The number of nitrogens with one attached hydrogen (secondary N) is 2. The molecule has 0 aliphatic heterocycles. The quantitative estimate of drug-likeness (QED) is 0.819. The molecule has 3 rings (SSSR count). The van der Waals surface area contributed by atoms with E-state index in [2.05, 4.69) is 31.9 Å². The van der Waals surface area contributed by atoms with Gasteiger partial charge in [0.2, 0.25) is 5.95 Å². The molecule has 0 atom stereocenters. The van der Waals surface area contributed by atoms with Crippen LogP contribution in [0.25, 0.3) is 0 Å². The van der Waals surface area contributed by atoms with Crippen LogP contribution < -0.4 is 15.4 Å². The fourth-order valence-corrected chi connectivity index (χ4v) is 2.87. The number of benzene rings is 1. The van der Waals surface area contributed by atoms with Crippen LogP contribution in [0.1, 0.15) is 31.2 Å². The van der Waals surface area contributed by atoms with Crippen molar-refractivity contribution >= 4 is 11.8 Å². The fraction of sp³-hybridized carbons (Fsp3) is 0.471. The second kappa shape index (κ2) is 7.76. The maximum Gasteiger partial charge on any atom is 0.244 e. The molecule has 6 nitrogen and oxygen atoms in total. The molecule has 1 saturated carbocycles. The third kappa shape index (κ3) is 4.55. The summed E-state index contributed by atoms with van der Waals surface area (Å²) in [5, 5.41) is 14.7. The highest BCUT2D eigenvalue weighted by atomic mass is 16.5. The summed E-state index contributed by atoms with van der Waals surface area (Å²) in [6.07, 6.45) is 7.50. The predicted molar refractivity (Wildman–Crippen MR) is 90.9 cm³/mol. The van der Waals surface area contributed by atoms with Crippen LogP contribution in [-0.2, 0) is 6.42 Å². The van der Waals surface area contributed by atoms with Gasteiger partial charge < -0.3 is 15.4 Å². The molecule has 0 spiro atoms. The minimum Gasteiger partial charge on any atom is -0.497 e. The second-order valence-electron chi connectivity index (χ2n) is 5.82. The summed E-state index contributed by atoms with van der Waals surface area (Å²) in [6, 6.07) is 8.59. The Morgan fingerprint density at radius 3 is 2.96 bits per heavy atom. The Hall–Kier alpha value is -2.37. The van der Waals surface area contributed by atoms with Gasteiger partial charge in [0.25, 0.3) is 0 Å². The van der Waals surface area contributed by atoms with Gasteiger partial charge in [-0.3, -0.25) is 0 Å². The number of anilines is 2. The lowest BCUT2D eigenvalue weighted by Crippen LogP contribution is -2.18. The van der Waals surface area contributed by atoms with Crippen molar-refractivity contribution in [1.82, 2.24) is 15.2 Å². The van der Waals surface area contributed by atoms with Crippen LogP contribution in [0.3, 0.4) is 0 Å². The lowest BCUT2D eigenvalue weighted by Gasteiger charge is -2.12. The van der Waals surface area contributed by atoms with Gasteiger partial charge in [0.15, 0.2) is 5.82 Å². The molecule has 1 aliphatic rings. The van der Waals surface area contributed by atoms with Crippen LogP contribution in [0.15, 0.2) is 30.5 Å². The van der Waals surface area contributed by atoms with Gasteiger partial charge >= 0.3 is 0 Å². The summed E-state index contributed by atoms with van der Waals surface area (Å²) in [7, 11) is 1.68. The molecule has 2 N–H and O–H groups in total.